The molecule has 1 nitrogen and oxygen atoms in total. The SMILES string of the molecule is CB(C)CCC1CO1. The molecule has 2 heteroatoms. The van der Waals surface area contributed by atoms with Crippen LogP contribution in [0.25, 0.3) is 0 Å². The van der Waals surface area contributed by atoms with Crippen LogP contribution in [0.15, 0.2) is 0 Å². The van der Waals surface area contributed by atoms with Crippen LogP contribution in [0.5, 0.6) is 0 Å². The van der Waals surface area contributed by atoms with Crippen LogP contribution in [-0.4, -0.2) is 19.4 Å². The van der Waals surface area contributed by atoms with E-state index in [2.05, 4.69) is 13.6 Å². The lowest BCUT2D eigenvalue weighted by Crippen LogP contribution is -2.00. The van der Waals surface area contributed by atoms with Crippen molar-refractivity contribution in [3.63, 3.8) is 0 Å². The number of ether oxygens (including phenoxy) is 1. The molecule has 1 atom stereocenters. The minimum absolute atomic E-state index is 0.636. The predicted octanol–water partition coefficient (Wildman–Crippen LogP) is 1.53. The van der Waals surface area contributed by atoms with Crippen LogP contribution < -0.4 is 0 Å². The summed E-state index contributed by atoms with van der Waals surface area (Å²) in [5, 5.41) is 0. The molecule has 1 saturated heterocycles. The summed E-state index contributed by atoms with van der Waals surface area (Å²) in [7, 11) is 0. The molecule has 1 unspecified atom stereocenters. The summed E-state index contributed by atoms with van der Waals surface area (Å²) in [5.41, 5.74) is 0. The van der Waals surface area contributed by atoms with Crippen LogP contribution in [0, 0.1) is 0 Å². The van der Waals surface area contributed by atoms with Crippen molar-refractivity contribution in [2.75, 3.05) is 6.61 Å². The standard InChI is InChI=1S/C6H13BO/c1-7(2)4-3-6-5-8-6/h6H,3-5H2,1-2H3. The Bertz CT molecular complexity index is 66.9. The van der Waals surface area contributed by atoms with Gasteiger partial charge in [-0.25, -0.2) is 0 Å². The summed E-state index contributed by atoms with van der Waals surface area (Å²) in [6.45, 7) is 6.37. The molecule has 8 heavy (non-hydrogen) atoms. The maximum absolute atomic E-state index is 5.06. The third kappa shape index (κ3) is 2.36. The highest BCUT2D eigenvalue weighted by molar-refractivity contribution is 6.55. The summed E-state index contributed by atoms with van der Waals surface area (Å²) in [5.74, 6) is 0. The monoisotopic (exact) mass is 112 g/mol. The van der Waals surface area contributed by atoms with E-state index < -0.39 is 0 Å². The van der Waals surface area contributed by atoms with Gasteiger partial charge in [0.15, 0.2) is 0 Å². The van der Waals surface area contributed by atoms with E-state index >= 15 is 0 Å². The van der Waals surface area contributed by atoms with Gasteiger partial charge in [0, 0.05) is 0 Å². The van der Waals surface area contributed by atoms with Crippen LogP contribution >= 0.6 is 0 Å². The molecule has 0 aromatic rings. The van der Waals surface area contributed by atoms with Crippen LogP contribution in [0.3, 0.4) is 0 Å². The number of rotatable bonds is 3. The average Bonchev–Trinajstić information content (AvgIpc) is 2.41. The van der Waals surface area contributed by atoms with Crippen LogP contribution in [0.2, 0.25) is 20.0 Å². The Kier molecular flexibility index (Phi) is 1.95. The summed E-state index contributed by atoms with van der Waals surface area (Å²) in [4.78, 5) is 0. The smallest absolute Gasteiger partial charge is 0.133 e. The van der Waals surface area contributed by atoms with Crippen molar-refractivity contribution in [3.8, 4) is 0 Å². The molecule has 1 rings (SSSR count). The van der Waals surface area contributed by atoms with Gasteiger partial charge in [-0.3, -0.25) is 0 Å². The molecule has 1 heterocycles. The first-order valence-corrected chi connectivity index (χ1v) is 3.40. The molecule has 0 aromatic carbocycles. The van der Waals surface area contributed by atoms with Crippen LogP contribution in [0.1, 0.15) is 6.42 Å². The van der Waals surface area contributed by atoms with Crippen molar-refractivity contribution in [1.82, 2.24) is 0 Å². The molecule has 0 bridgehead atoms. The van der Waals surface area contributed by atoms with Crippen molar-refractivity contribution in [2.45, 2.75) is 32.5 Å². The van der Waals surface area contributed by atoms with E-state index in [-0.39, 0.29) is 0 Å². The number of hydrogen-bond acceptors (Lipinski definition) is 1. The second-order valence-corrected chi connectivity index (χ2v) is 2.93. The van der Waals surface area contributed by atoms with E-state index in [1.54, 1.807) is 0 Å². The van der Waals surface area contributed by atoms with E-state index in [0.29, 0.717) is 6.10 Å². The molecule has 46 valence electrons. The third-order valence-corrected chi connectivity index (χ3v) is 1.47. The molecule has 0 N–H and O–H groups in total. The van der Waals surface area contributed by atoms with Crippen LogP contribution in [0.4, 0.5) is 0 Å². The number of epoxide rings is 1. The largest absolute Gasteiger partial charge is 0.373 e. The van der Waals surface area contributed by atoms with Gasteiger partial charge in [-0.05, 0) is 6.42 Å². The second kappa shape index (κ2) is 2.54. The van der Waals surface area contributed by atoms with Gasteiger partial charge in [-0.1, -0.05) is 20.0 Å². The zero-order valence-electron chi connectivity index (χ0n) is 5.68. The second-order valence-electron chi connectivity index (χ2n) is 2.93. The molecule has 1 aliphatic rings. The first-order chi connectivity index (χ1) is 3.79. The van der Waals surface area contributed by atoms with Crippen LogP contribution in [-0.2, 0) is 4.74 Å². The van der Waals surface area contributed by atoms with Gasteiger partial charge in [-0.2, -0.15) is 0 Å². The third-order valence-electron chi connectivity index (χ3n) is 1.47. The highest BCUT2D eigenvalue weighted by Gasteiger charge is 2.21. The quantitative estimate of drug-likeness (QED) is 0.398. The molecule has 1 fully saturated rings. The van der Waals surface area contributed by atoms with Crippen molar-refractivity contribution in [3.05, 3.63) is 0 Å². The summed E-state index contributed by atoms with van der Waals surface area (Å²) in [6, 6.07) is 0. The normalized spacial score (nSPS) is 25.5. The lowest BCUT2D eigenvalue weighted by molar-refractivity contribution is 0.403. The minimum Gasteiger partial charge on any atom is -0.373 e. The topological polar surface area (TPSA) is 12.5 Å². The van der Waals surface area contributed by atoms with E-state index in [1.807, 2.05) is 0 Å². The maximum Gasteiger partial charge on any atom is 0.133 e. The van der Waals surface area contributed by atoms with Gasteiger partial charge in [-0.15, -0.1) is 0 Å². The highest BCUT2D eigenvalue weighted by atomic mass is 16.6. The fraction of sp³-hybridized carbons (Fsp3) is 1.00. The summed E-state index contributed by atoms with van der Waals surface area (Å²) in [6.07, 6.45) is 3.24. The maximum atomic E-state index is 5.06. The zero-order valence-corrected chi connectivity index (χ0v) is 5.68. The Labute approximate surface area is 51.5 Å². The fourth-order valence-corrected chi connectivity index (χ4v) is 0.754. The Hall–Kier alpha value is 0.0249. The Balaban J connectivity index is 1.87. The van der Waals surface area contributed by atoms with Gasteiger partial charge in [0.25, 0.3) is 0 Å². The fourth-order valence-electron chi connectivity index (χ4n) is 0.754. The van der Waals surface area contributed by atoms with Gasteiger partial charge >= 0.3 is 0 Å². The molecule has 0 aliphatic carbocycles. The van der Waals surface area contributed by atoms with Crippen molar-refractivity contribution in [2.24, 2.45) is 0 Å². The van der Waals surface area contributed by atoms with E-state index in [0.717, 1.165) is 13.3 Å². The molecular formula is C6H13BO. The molecule has 0 aromatic heterocycles. The molecular weight excluding hydrogens is 98.9 g/mol. The van der Waals surface area contributed by atoms with E-state index in [1.165, 1.54) is 12.7 Å². The first kappa shape index (κ1) is 6.15. The van der Waals surface area contributed by atoms with Gasteiger partial charge in [0.1, 0.15) is 6.71 Å². The number of hydrogen-bond donors (Lipinski definition) is 0. The Morgan fingerprint density at radius 3 is 2.62 bits per heavy atom. The van der Waals surface area contributed by atoms with Crippen molar-refractivity contribution in [1.29, 1.82) is 0 Å². The minimum atomic E-state index is 0.636. The first-order valence-electron chi connectivity index (χ1n) is 3.40. The van der Waals surface area contributed by atoms with Crippen molar-refractivity contribution >= 4 is 6.71 Å². The highest BCUT2D eigenvalue weighted by Crippen LogP contribution is 2.16. The zero-order chi connectivity index (χ0) is 5.98. The van der Waals surface area contributed by atoms with E-state index in [9.17, 15) is 0 Å². The molecule has 1 aliphatic heterocycles. The average molecular weight is 112 g/mol. The summed E-state index contributed by atoms with van der Waals surface area (Å²) < 4.78 is 5.06. The van der Waals surface area contributed by atoms with Crippen molar-refractivity contribution < 1.29 is 4.74 Å². The van der Waals surface area contributed by atoms with E-state index in [4.69, 9.17) is 4.74 Å². The van der Waals surface area contributed by atoms with Gasteiger partial charge in [0.05, 0.1) is 12.7 Å². The predicted molar refractivity (Wildman–Crippen MR) is 36.6 cm³/mol. The Morgan fingerprint density at radius 1 is 1.62 bits per heavy atom. The molecule has 0 amide bonds. The van der Waals surface area contributed by atoms with Gasteiger partial charge < -0.3 is 4.74 Å². The summed E-state index contributed by atoms with van der Waals surface area (Å²) >= 11 is 0. The Morgan fingerprint density at radius 2 is 2.25 bits per heavy atom. The molecule has 0 radical (unpaired) electrons. The molecule has 0 spiro atoms. The lowest BCUT2D eigenvalue weighted by atomic mass is 9.51. The molecule has 0 saturated carbocycles. The van der Waals surface area contributed by atoms with Gasteiger partial charge in [0.2, 0.25) is 0 Å². The lowest BCUT2D eigenvalue weighted by Gasteiger charge is -1.94.